The molecule has 0 bridgehead atoms. The van der Waals surface area contributed by atoms with Gasteiger partial charge in [-0.3, -0.25) is 0 Å². The monoisotopic (exact) mass is 319 g/mol. The van der Waals surface area contributed by atoms with Gasteiger partial charge in [-0.05, 0) is 43.2 Å². The standard InChI is InChI=1S/C20H21N3O/c1-14-9-16(6-8-20(14)23(3)4)5-7-19-11-17(10-15(2)24-19)18(12-21)13-22/h5-8,10-11,14H,9H2,1-4H3/b7-5+. The Labute approximate surface area is 143 Å². The van der Waals surface area contributed by atoms with Crippen LogP contribution in [0.25, 0.3) is 0 Å². The third-order valence-electron chi connectivity index (χ3n) is 3.94. The van der Waals surface area contributed by atoms with Gasteiger partial charge < -0.3 is 9.64 Å². The van der Waals surface area contributed by atoms with Crippen LogP contribution in [-0.4, -0.2) is 19.0 Å². The summed E-state index contributed by atoms with van der Waals surface area (Å²) in [5.74, 6) is 1.76. The van der Waals surface area contributed by atoms with E-state index in [4.69, 9.17) is 15.3 Å². The molecule has 1 unspecified atom stereocenters. The first-order valence-electron chi connectivity index (χ1n) is 7.83. The molecule has 4 heteroatoms. The molecule has 1 aliphatic carbocycles. The highest BCUT2D eigenvalue weighted by atomic mass is 16.5. The molecular formula is C20H21N3O. The van der Waals surface area contributed by atoms with Crippen molar-refractivity contribution in [2.45, 2.75) is 20.3 Å². The second-order valence-corrected chi connectivity index (χ2v) is 6.12. The smallest absolute Gasteiger partial charge is 0.137 e. The lowest BCUT2D eigenvalue weighted by Gasteiger charge is -2.26. The fourth-order valence-corrected chi connectivity index (χ4v) is 2.82. The Bertz CT molecular complexity index is 774. The van der Waals surface area contributed by atoms with Crippen LogP contribution in [0.1, 0.15) is 20.3 Å². The molecule has 0 radical (unpaired) electrons. The lowest BCUT2D eigenvalue weighted by Crippen LogP contribution is -2.19. The highest BCUT2D eigenvalue weighted by Crippen LogP contribution is 2.28. The van der Waals surface area contributed by atoms with Crippen molar-refractivity contribution in [2.75, 3.05) is 14.1 Å². The molecule has 122 valence electrons. The van der Waals surface area contributed by atoms with Gasteiger partial charge in [0.1, 0.15) is 29.2 Å². The summed E-state index contributed by atoms with van der Waals surface area (Å²) in [5, 5.41) is 18.0. The van der Waals surface area contributed by atoms with Gasteiger partial charge in [-0.2, -0.15) is 10.5 Å². The van der Waals surface area contributed by atoms with E-state index in [9.17, 15) is 0 Å². The highest BCUT2D eigenvalue weighted by molar-refractivity contribution is 5.53. The summed E-state index contributed by atoms with van der Waals surface area (Å²) in [6, 6.07) is 3.83. The summed E-state index contributed by atoms with van der Waals surface area (Å²) in [7, 11) is 4.12. The van der Waals surface area contributed by atoms with Crippen molar-refractivity contribution in [3.05, 3.63) is 70.4 Å². The molecule has 1 heterocycles. The SMILES string of the molecule is CC1=CC(=C(C#N)C#N)C=C(/C=C/C2=CC=C(N(C)C)C(C)C2)O1. The van der Waals surface area contributed by atoms with Gasteiger partial charge in [-0.25, -0.2) is 0 Å². The van der Waals surface area contributed by atoms with E-state index in [2.05, 4.69) is 38.1 Å². The van der Waals surface area contributed by atoms with Crippen molar-refractivity contribution >= 4 is 0 Å². The van der Waals surface area contributed by atoms with Gasteiger partial charge >= 0.3 is 0 Å². The summed E-state index contributed by atoms with van der Waals surface area (Å²) in [5.41, 5.74) is 3.21. The van der Waals surface area contributed by atoms with Crippen molar-refractivity contribution in [2.24, 2.45) is 5.92 Å². The number of hydrogen-bond acceptors (Lipinski definition) is 4. The normalized spacial score (nSPS) is 20.1. The zero-order valence-electron chi connectivity index (χ0n) is 14.5. The number of rotatable bonds is 3. The van der Waals surface area contributed by atoms with Crippen LogP contribution in [0, 0.1) is 28.6 Å². The van der Waals surface area contributed by atoms with Gasteiger partial charge in [0.25, 0.3) is 0 Å². The van der Waals surface area contributed by atoms with Crippen LogP contribution in [-0.2, 0) is 4.74 Å². The topological polar surface area (TPSA) is 60.0 Å². The van der Waals surface area contributed by atoms with Crippen LogP contribution in [0.3, 0.4) is 0 Å². The molecule has 0 aromatic carbocycles. The quantitative estimate of drug-likeness (QED) is 0.734. The third-order valence-corrected chi connectivity index (χ3v) is 3.94. The van der Waals surface area contributed by atoms with Gasteiger partial charge in [-0.1, -0.05) is 19.1 Å². The number of nitriles is 2. The molecule has 2 rings (SSSR count). The van der Waals surface area contributed by atoms with Gasteiger partial charge in [0, 0.05) is 31.3 Å². The largest absolute Gasteiger partial charge is 0.462 e. The van der Waals surface area contributed by atoms with Crippen LogP contribution < -0.4 is 0 Å². The Morgan fingerprint density at radius 2 is 1.92 bits per heavy atom. The minimum Gasteiger partial charge on any atom is -0.462 e. The first kappa shape index (κ1) is 17.4. The number of hydrogen-bond donors (Lipinski definition) is 0. The maximum absolute atomic E-state index is 9.02. The van der Waals surface area contributed by atoms with Crippen LogP contribution in [0.15, 0.2) is 70.4 Å². The summed E-state index contributed by atoms with van der Waals surface area (Å²) < 4.78 is 5.66. The fourth-order valence-electron chi connectivity index (χ4n) is 2.82. The summed E-state index contributed by atoms with van der Waals surface area (Å²) in [6.07, 6.45) is 12.6. The van der Waals surface area contributed by atoms with E-state index in [0.717, 1.165) is 6.42 Å². The Balaban J connectivity index is 2.23. The second-order valence-electron chi connectivity index (χ2n) is 6.12. The summed E-state index contributed by atoms with van der Waals surface area (Å²) in [6.45, 7) is 4.02. The molecule has 0 saturated heterocycles. The van der Waals surface area contributed by atoms with Crippen molar-refractivity contribution in [1.29, 1.82) is 10.5 Å². The predicted octanol–water partition coefficient (Wildman–Crippen LogP) is 4.12. The molecule has 4 nitrogen and oxygen atoms in total. The van der Waals surface area contributed by atoms with E-state index in [0.29, 0.717) is 23.0 Å². The molecule has 0 fully saturated rings. The van der Waals surface area contributed by atoms with Crippen molar-refractivity contribution in [3.8, 4) is 12.1 Å². The van der Waals surface area contributed by atoms with Gasteiger partial charge in [-0.15, -0.1) is 0 Å². The molecule has 1 aliphatic heterocycles. The average Bonchev–Trinajstić information content (AvgIpc) is 2.53. The summed E-state index contributed by atoms with van der Waals surface area (Å²) in [4.78, 5) is 2.14. The molecule has 24 heavy (non-hydrogen) atoms. The Kier molecular flexibility index (Phi) is 5.45. The zero-order valence-corrected chi connectivity index (χ0v) is 14.5. The van der Waals surface area contributed by atoms with Crippen LogP contribution in [0.4, 0.5) is 0 Å². The molecule has 0 saturated carbocycles. The fraction of sp³-hybridized carbons (Fsp3) is 0.300. The Hall–Kier alpha value is -2.98. The van der Waals surface area contributed by atoms with E-state index in [1.165, 1.54) is 11.3 Å². The molecule has 1 atom stereocenters. The van der Waals surface area contributed by atoms with Crippen molar-refractivity contribution in [3.63, 3.8) is 0 Å². The highest BCUT2D eigenvalue weighted by Gasteiger charge is 2.15. The van der Waals surface area contributed by atoms with E-state index >= 15 is 0 Å². The maximum atomic E-state index is 9.02. The maximum Gasteiger partial charge on any atom is 0.137 e. The minimum atomic E-state index is 0.0904. The van der Waals surface area contributed by atoms with Crippen LogP contribution in [0.2, 0.25) is 0 Å². The van der Waals surface area contributed by atoms with E-state index < -0.39 is 0 Å². The molecule has 0 aromatic heterocycles. The molecule has 0 spiro atoms. The first-order valence-corrected chi connectivity index (χ1v) is 7.83. The Morgan fingerprint density at radius 3 is 2.50 bits per heavy atom. The first-order chi connectivity index (χ1) is 11.4. The predicted molar refractivity (Wildman–Crippen MR) is 94.0 cm³/mol. The van der Waals surface area contributed by atoms with Gasteiger partial charge in [0.05, 0.1) is 0 Å². The van der Waals surface area contributed by atoms with Crippen molar-refractivity contribution in [1.82, 2.24) is 4.90 Å². The number of allylic oxidation sites excluding steroid dienone is 11. The molecular weight excluding hydrogens is 298 g/mol. The Morgan fingerprint density at radius 1 is 1.21 bits per heavy atom. The zero-order chi connectivity index (χ0) is 17.7. The number of ether oxygens (including phenoxy) is 1. The van der Waals surface area contributed by atoms with E-state index in [1.807, 2.05) is 24.3 Å². The summed E-state index contributed by atoms with van der Waals surface area (Å²) >= 11 is 0. The molecule has 2 aliphatic rings. The second kappa shape index (κ2) is 7.53. The average molecular weight is 319 g/mol. The van der Waals surface area contributed by atoms with Crippen molar-refractivity contribution < 1.29 is 4.74 Å². The lowest BCUT2D eigenvalue weighted by atomic mass is 9.92. The number of nitrogens with zero attached hydrogens (tertiary/aromatic N) is 3. The van der Waals surface area contributed by atoms with Gasteiger partial charge in [0.2, 0.25) is 0 Å². The van der Waals surface area contributed by atoms with Gasteiger partial charge in [0.15, 0.2) is 0 Å². The van der Waals surface area contributed by atoms with E-state index in [1.54, 1.807) is 19.1 Å². The lowest BCUT2D eigenvalue weighted by molar-refractivity contribution is 0.317. The molecule has 0 N–H and O–H groups in total. The van der Waals surface area contributed by atoms with E-state index in [-0.39, 0.29) is 5.57 Å². The van der Waals surface area contributed by atoms with Crippen LogP contribution in [0.5, 0.6) is 0 Å². The molecule has 0 amide bonds. The third kappa shape index (κ3) is 4.06. The molecule has 0 aromatic rings. The minimum absolute atomic E-state index is 0.0904. The van der Waals surface area contributed by atoms with Crippen LogP contribution >= 0.6 is 0 Å².